The molecule has 0 saturated heterocycles. The molecule has 0 aliphatic heterocycles. The van der Waals surface area contributed by atoms with Gasteiger partial charge >= 0.3 is 6.09 Å². The lowest BCUT2D eigenvalue weighted by Gasteiger charge is -2.21. The van der Waals surface area contributed by atoms with E-state index < -0.39 is 5.60 Å². The lowest BCUT2D eigenvalue weighted by atomic mass is 10.1. The van der Waals surface area contributed by atoms with E-state index in [1.807, 2.05) is 65.0 Å². The highest BCUT2D eigenvalue weighted by Gasteiger charge is 2.22. The van der Waals surface area contributed by atoms with E-state index in [-0.39, 0.29) is 6.09 Å². The summed E-state index contributed by atoms with van der Waals surface area (Å²) >= 11 is 5.77. The first-order valence-corrected chi connectivity index (χ1v) is 9.09. The second kappa shape index (κ2) is 7.95. The number of ether oxygens (including phenoxy) is 1. The molecule has 0 aliphatic carbocycles. The highest BCUT2D eigenvalue weighted by Crippen LogP contribution is 2.26. The molecule has 0 saturated carbocycles. The number of hydrogen-bond acceptors (Lipinski definition) is 2. The van der Waals surface area contributed by atoms with Crippen molar-refractivity contribution in [2.45, 2.75) is 53.1 Å². The van der Waals surface area contributed by atoms with Crippen LogP contribution in [0.5, 0.6) is 0 Å². The van der Waals surface area contributed by atoms with E-state index in [0.717, 1.165) is 40.6 Å². The van der Waals surface area contributed by atoms with Crippen molar-refractivity contribution in [3.05, 3.63) is 47.3 Å². The number of fused-ring (bicyclic) bond motifs is 1. The van der Waals surface area contributed by atoms with E-state index >= 15 is 0 Å². The molecule has 0 radical (unpaired) electrons. The van der Waals surface area contributed by atoms with Crippen LogP contribution in [-0.4, -0.2) is 22.1 Å². The van der Waals surface area contributed by atoms with E-state index in [1.54, 1.807) is 4.57 Å². The van der Waals surface area contributed by atoms with Crippen molar-refractivity contribution in [3.63, 3.8) is 0 Å². The summed E-state index contributed by atoms with van der Waals surface area (Å²) in [6.45, 7) is 9.62. The van der Waals surface area contributed by atoms with Crippen LogP contribution in [0.25, 0.3) is 16.5 Å². The van der Waals surface area contributed by atoms with Gasteiger partial charge in [0, 0.05) is 16.8 Å². The van der Waals surface area contributed by atoms with Gasteiger partial charge in [0.15, 0.2) is 0 Å². The number of rotatable bonds is 4. The van der Waals surface area contributed by atoms with Gasteiger partial charge < -0.3 is 4.74 Å². The fourth-order valence-corrected chi connectivity index (χ4v) is 2.85. The van der Waals surface area contributed by atoms with Gasteiger partial charge in [-0.05, 0) is 65.2 Å². The van der Waals surface area contributed by atoms with Crippen molar-refractivity contribution in [3.8, 4) is 0 Å². The average molecular weight is 360 g/mol. The molecule has 0 bridgehead atoms. The van der Waals surface area contributed by atoms with Crippen LogP contribution < -0.4 is 0 Å². The molecule has 2 aromatic rings. The first-order valence-electron chi connectivity index (χ1n) is 8.56. The number of carbonyl (C=O) groups excluding carboxylic acids is 1. The molecule has 0 unspecified atom stereocenters. The Labute approximate surface area is 154 Å². The molecule has 1 heterocycles. The average Bonchev–Trinajstić information content (AvgIpc) is 2.91. The van der Waals surface area contributed by atoms with Gasteiger partial charge in [0.1, 0.15) is 5.60 Å². The Morgan fingerprint density at radius 1 is 1.24 bits per heavy atom. The summed E-state index contributed by atoms with van der Waals surface area (Å²) in [6, 6.07) is 9.83. The van der Waals surface area contributed by atoms with Gasteiger partial charge in [0.2, 0.25) is 0 Å². The van der Waals surface area contributed by atoms with E-state index in [1.165, 1.54) is 0 Å². The molecule has 0 atom stereocenters. The Morgan fingerprint density at radius 2 is 1.92 bits per heavy atom. The van der Waals surface area contributed by atoms with Crippen molar-refractivity contribution < 1.29 is 9.53 Å². The summed E-state index contributed by atoms with van der Waals surface area (Å²) in [5.74, 6) is 0.635. The summed E-state index contributed by atoms with van der Waals surface area (Å²) < 4.78 is 7.25. The van der Waals surface area contributed by atoms with Crippen molar-refractivity contribution in [1.29, 1.82) is 0 Å². The number of para-hydroxylation sites is 1. The van der Waals surface area contributed by atoms with Crippen LogP contribution in [0.3, 0.4) is 0 Å². The standard InChI is InChI=1S/C21H26ClNO2/c1-15(9-8-12-22)13-16(2)19-14-17-10-6-7-11-18(17)23(19)20(24)25-21(3,4)5/h6-7,10-11,14H,8-9,12H2,1-5H3. The summed E-state index contributed by atoms with van der Waals surface area (Å²) in [5.41, 5.74) is 6.52. The molecule has 134 valence electrons. The molecule has 0 fully saturated rings. The number of hydrogen-bond donors (Lipinski definition) is 0. The molecule has 0 amide bonds. The fraction of sp³-hybridized carbons (Fsp3) is 0.429. The van der Waals surface area contributed by atoms with Crippen LogP contribution >= 0.6 is 11.6 Å². The van der Waals surface area contributed by atoms with Crippen LogP contribution in [0.15, 0.2) is 41.6 Å². The van der Waals surface area contributed by atoms with Gasteiger partial charge in [-0.1, -0.05) is 18.2 Å². The minimum Gasteiger partial charge on any atom is -0.443 e. The Balaban J connectivity index is 2.58. The largest absolute Gasteiger partial charge is 0.443 e. The van der Waals surface area contributed by atoms with Crippen LogP contribution in [0.2, 0.25) is 0 Å². The lowest BCUT2D eigenvalue weighted by molar-refractivity contribution is 0.0543. The van der Waals surface area contributed by atoms with Crippen molar-refractivity contribution in [2.24, 2.45) is 0 Å². The molecular weight excluding hydrogens is 334 g/mol. The number of aromatic nitrogens is 1. The van der Waals surface area contributed by atoms with E-state index in [4.69, 9.17) is 16.3 Å². The molecule has 2 rings (SSSR count). The van der Waals surface area contributed by atoms with E-state index in [0.29, 0.717) is 5.88 Å². The zero-order valence-electron chi connectivity index (χ0n) is 15.6. The zero-order valence-corrected chi connectivity index (χ0v) is 16.4. The van der Waals surface area contributed by atoms with Gasteiger partial charge in [-0.15, -0.1) is 17.3 Å². The summed E-state index contributed by atoms with van der Waals surface area (Å²) in [7, 11) is 0. The SMILES string of the molecule is CC(=C=C(C)c1cc2ccccc2n1C(=O)OC(C)(C)C)CCCCl. The second-order valence-electron chi connectivity index (χ2n) is 7.23. The summed E-state index contributed by atoms with van der Waals surface area (Å²) in [6.07, 6.45) is 1.44. The third kappa shape index (κ3) is 5.01. The van der Waals surface area contributed by atoms with Crippen LogP contribution in [-0.2, 0) is 4.74 Å². The smallest absolute Gasteiger partial charge is 0.419 e. The fourth-order valence-electron chi connectivity index (χ4n) is 2.71. The molecule has 1 aromatic heterocycles. The van der Waals surface area contributed by atoms with Gasteiger partial charge in [0.25, 0.3) is 0 Å². The van der Waals surface area contributed by atoms with Crippen molar-refractivity contribution >= 4 is 34.2 Å². The monoisotopic (exact) mass is 359 g/mol. The van der Waals surface area contributed by atoms with Crippen molar-refractivity contribution in [2.75, 3.05) is 5.88 Å². The van der Waals surface area contributed by atoms with Gasteiger partial charge in [0.05, 0.1) is 11.2 Å². The predicted octanol–water partition coefficient (Wildman–Crippen LogP) is 6.39. The maximum absolute atomic E-state index is 12.8. The Bertz CT molecular complexity index is 833. The predicted molar refractivity (Wildman–Crippen MR) is 105 cm³/mol. The number of nitrogens with zero attached hydrogens (tertiary/aromatic N) is 1. The van der Waals surface area contributed by atoms with Crippen LogP contribution in [0, 0.1) is 0 Å². The highest BCUT2D eigenvalue weighted by atomic mass is 35.5. The van der Waals surface area contributed by atoms with E-state index in [2.05, 4.69) is 5.73 Å². The van der Waals surface area contributed by atoms with Crippen LogP contribution in [0.1, 0.15) is 53.2 Å². The van der Waals surface area contributed by atoms with Gasteiger partial charge in [-0.25, -0.2) is 9.36 Å². The Hall–Kier alpha value is -1.96. The van der Waals surface area contributed by atoms with Gasteiger partial charge in [-0.2, -0.15) is 0 Å². The minimum absolute atomic E-state index is 0.372. The quantitative estimate of drug-likeness (QED) is 0.467. The third-order valence-corrected chi connectivity index (χ3v) is 4.02. The number of alkyl halides is 1. The highest BCUT2D eigenvalue weighted by molar-refractivity contribution is 6.17. The molecule has 0 N–H and O–H groups in total. The second-order valence-corrected chi connectivity index (χ2v) is 7.60. The summed E-state index contributed by atoms with van der Waals surface area (Å²) in [5, 5.41) is 1.00. The normalized spacial score (nSPS) is 11.3. The molecule has 1 aromatic carbocycles. The number of benzene rings is 1. The zero-order chi connectivity index (χ0) is 18.6. The third-order valence-electron chi connectivity index (χ3n) is 3.76. The first kappa shape index (κ1) is 19.4. The number of halogens is 1. The van der Waals surface area contributed by atoms with Gasteiger partial charge in [-0.3, -0.25) is 0 Å². The maximum atomic E-state index is 12.8. The molecule has 4 heteroatoms. The topological polar surface area (TPSA) is 31.2 Å². The van der Waals surface area contributed by atoms with E-state index in [9.17, 15) is 4.79 Å². The molecular formula is C21H26ClNO2. The minimum atomic E-state index is -0.552. The molecule has 25 heavy (non-hydrogen) atoms. The number of carbonyl (C=O) groups is 1. The molecule has 3 nitrogen and oxygen atoms in total. The Kier molecular flexibility index (Phi) is 6.16. The summed E-state index contributed by atoms with van der Waals surface area (Å²) in [4.78, 5) is 12.8. The number of allylic oxidation sites excluding steroid dienone is 1. The first-order chi connectivity index (χ1) is 11.7. The lowest BCUT2D eigenvalue weighted by Crippen LogP contribution is -2.27. The maximum Gasteiger partial charge on any atom is 0.419 e. The molecule has 0 aliphatic rings. The molecule has 0 spiro atoms. The Morgan fingerprint density at radius 3 is 2.56 bits per heavy atom. The van der Waals surface area contributed by atoms with Crippen LogP contribution in [0.4, 0.5) is 4.79 Å². The van der Waals surface area contributed by atoms with Crippen molar-refractivity contribution in [1.82, 2.24) is 4.57 Å².